The Hall–Kier alpha value is -1.30. The second-order valence-corrected chi connectivity index (χ2v) is 6.48. The zero-order valence-electron chi connectivity index (χ0n) is 13.8. The van der Waals surface area contributed by atoms with E-state index in [0.717, 1.165) is 31.6 Å². The summed E-state index contributed by atoms with van der Waals surface area (Å²) in [7, 11) is 0. The van der Waals surface area contributed by atoms with Crippen molar-refractivity contribution < 1.29 is 9.84 Å². The van der Waals surface area contributed by atoms with Gasteiger partial charge in [0.25, 0.3) is 0 Å². The third-order valence-electron chi connectivity index (χ3n) is 3.93. The summed E-state index contributed by atoms with van der Waals surface area (Å²) >= 11 is 5.86. The molecular formula is C17H26ClN3O2. The van der Waals surface area contributed by atoms with Crippen LogP contribution in [0, 0.1) is 0 Å². The van der Waals surface area contributed by atoms with Gasteiger partial charge in [-0.3, -0.25) is 4.99 Å². The van der Waals surface area contributed by atoms with Gasteiger partial charge >= 0.3 is 0 Å². The Morgan fingerprint density at radius 1 is 1.39 bits per heavy atom. The van der Waals surface area contributed by atoms with E-state index in [1.807, 2.05) is 19.1 Å². The molecule has 1 saturated heterocycles. The van der Waals surface area contributed by atoms with Gasteiger partial charge in [-0.25, -0.2) is 0 Å². The van der Waals surface area contributed by atoms with E-state index in [0.29, 0.717) is 24.1 Å². The molecule has 128 valence electrons. The maximum Gasteiger partial charge on any atom is 0.191 e. The standard InChI is InChI=1S/C17H26ClN3O2/c1-3-19-16(21-12-17(2)9-4-10-23-17)20-11-15(22)13-5-7-14(18)8-6-13/h5-8,15,22H,3-4,9-12H2,1-2H3,(H2,19,20,21). The van der Waals surface area contributed by atoms with Gasteiger partial charge in [-0.05, 0) is 44.4 Å². The highest BCUT2D eigenvalue weighted by molar-refractivity contribution is 6.30. The van der Waals surface area contributed by atoms with Crippen molar-refractivity contribution in [1.82, 2.24) is 10.6 Å². The number of aliphatic hydroxyl groups excluding tert-OH is 1. The van der Waals surface area contributed by atoms with Crippen LogP contribution in [0.25, 0.3) is 0 Å². The number of nitrogens with one attached hydrogen (secondary N) is 2. The van der Waals surface area contributed by atoms with Crippen LogP contribution in [0.15, 0.2) is 29.3 Å². The number of aliphatic hydroxyl groups is 1. The Labute approximate surface area is 143 Å². The third kappa shape index (κ3) is 5.68. The molecule has 6 heteroatoms. The van der Waals surface area contributed by atoms with Crippen molar-refractivity contribution in [3.63, 3.8) is 0 Å². The predicted molar refractivity (Wildman–Crippen MR) is 94.0 cm³/mol. The summed E-state index contributed by atoms with van der Waals surface area (Å²) in [5, 5.41) is 17.3. The lowest BCUT2D eigenvalue weighted by molar-refractivity contribution is 0.0283. The zero-order valence-corrected chi connectivity index (χ0v) is 14.6. The molecule has 23 heavy (non-hydrogen) atoms. The van der Waals surface area contributed by atoms with Crippen molar-refractivity contribution in [1.29, 1.82) is 0 Å². The summed E-state index contributed by atoms with van der Waals surface area (Å²) in [4.78, 5) is 4.58. The Bertz CT molecular complexity index is 513. The number of hydrogen-bond donors (Lipinski definition) is 3. The van der Waals surface area contributed by atoms with Gasteiger partial charge in [0.2, 0.25) is 0 Å². The molecule has 0 aromatic heterocycles. The van der Waals surface area contributed by atoms with Crippen molar-refractivity contribution >= 4 is 17.6 Å². The number of ether oxygens (including phenoxy) is 1. The van der Waals surface area contributed by atoms with Crippen LogP contribution in [-0.4, -0.2) is 42.9 Å². The van der Waals surface area contributed by atoms with E-state index in [2.05, 4.69) is 22.5 Å². The average molecular weight is 340 g/mol. The summed E-state index contributed by atoms with van der Waals surface area (Å²) in [6.07, 6.45) is 1.50. The fourth-order valence-corrected chi connectivity index (χ4v) is 2.67. The molecule has 1 aromatic rings. The first kappa shape index (κ1) is 18.0. The maximum absolute atomic E-state index is 10.2. The van der Waals surface area contributed by atoms with Crippen molar-refractivity contribution in [2.45, 2.75) is 38.4 Å². The number of rotatable bonds is 6. The molecule has 2 atom stereocenters. The molecule has 0 spiro atoms. The lowest BCUT2D eigenvalue weighted by atomic mass is 10.0. The SMILES string of the molecule is CCNC(=NCC1(C)CCCO1)NCC(O)c1ccc(Cl)cc1. The molecule has 0 aliphatic carbocycles. The third-order valence-corrected chi connectivity index (χ3v) is 4.19. The van der Waals surface area contributed by atoms with Crippen LogP contribution in [0.1, 0.15) is 38.4 Å². The summed E-state index contributed by atoms with van der Waals surface area (Å²) < 4.78 is 5.75. The molecule has 1 fully saturated rings. The van der Waals surface area contributed by atoms with Crippen molar-refractivity contribution in [3.8, 4) is 0 Å². The van der Waals surface area contributed by atoms with Gasteiger partial charge in [0.15, 0.2) is 5.96 Å². The molecule has 3 N–H and O–H groups in total. The van der Waals surface area contributed by atoms with E-state index in [4.69, 9.17) is 16.3 Å². The highest BCUT2D eigenvalue weighted by Gasteiger charge is 2.29. The van der Waals surface area contributed by atoms with E-state index < -0.39 is 6.10 Å². The molecule has 0 bridgehead atoms. The molecule has 1 aromatic carbocycles. The van der Waals surface area contributed by atoms with Gasteiger partial charge < -0.3 is 20.5 Å². The van der Waals surface area contributed by atoms with E-state index in [1.54, 1.807) is 12.1 Å². The minimum absolute atomic E-state index is 0.169. The number of hydrogen-bond acceptors (Lipinski definition) is 3. The minimum Gasteiger partial charge on any atom is -0.387 e. The zero-order chi connectivity index (χ0) is 16.7. The summed E-state index contributed by atoms with van der Waals surface area (Å²) in [6.45, 7) is 6.67. The number of nitrogens with zero attached hydrogens (tertiary/aromatic N) is 1. The van der Waals surface area contributed by atoms with Crippen LogP contribution in [0.5, 0.6) is 0 Å². The molecule has 0 radical (unpaired) electrons. The highest BCUT2D eigenvalue weighted by Crippen LogP contribution is 2.25. The van der Waals surface area contributed by atoms with Crippen LogP contribution in [0.2, 0.25) is 5.02 Å². The van der Waals surface area contributed by atoms with Gasteiger partial charge in [-0.15, -0.1) is 0 Å². The van der Waals surface area contributed by atoms with Crippen LogP contribution in [0.4, 0.5) is 0 Å². The fourth-order valence-electron chi connectivity index (χ4n) is 2.55. The largest absolute Gasteiger partial charge is 0.387 e. The van der Waals surface area contributed by atoms with Crippen LogP contribution in [0.3, 0.4) is 0 Å². The summed E-state index contributed by atoms with van der Waals surface area (Å²) in [5.41, 5.74) is 0.653. The van der Waals surface area contributed by atoms with Crippen molar-refractivity contribution in [2.24, 2.45) is 4.99 Å². The Kier molecular flexibility index (Phi) is 6.69. The lowest BCUT2D eigenvalue weighted by Gasteiger charge is -2.22. The minimum atomic E-state index is -0.616. The van der Waals surface area contributed by atoms with Gasteiger partial charge in [-0.1, -0.05) is 23.7 Å². The number of halogens is 1. The van der Waals surface area contributed by atoms with Crippen molar-refractivity contribution in [3.05, 3.63) is 34.9 Å². The smallest absolute Gasteiger partial charge is 0.191 e. The monoisotopic (exact) mass is 339 g/mol. The Morgan fingerprint density at radius 3 is 2.74 bits per heavy atom. The Balaban J connectivity index is 1.89. The van der Waals surface area contributed by atoms with Crippen LogP contribution >= 0.6 is 11.6 Å². The van der Waals surface area contributed by atoms with Gasteiger partial charge in [-0.2, -0.15) is 0 Å². The van der Waals surface area contributed by atoms with E-state index in [9.17, 15) is 5.11 Å². The van der Waals surface area contributed by atoms with Gasteiger partial charge in [0, 0.05) is 24.7 Å². The lowest BCUT2D eigenvalue weighted by Crippen LogP contribution is -2.41. The highest BCUT2D eigenvalue weighted by atomic mass is 35.5. The number of benzene rings is 1. The topological polar surface area (TPSA) is 65.9 Å². The summed E-state index contributed by atoms with van der Waals surface area (Å²) in [5.74, 6) is 0.692. The van der Waals surface area contributed by atoms with Crippen LogP contribution < -0.4 is 10.6 Å². The predicted octanol–water partition coefficient (Wildman–Crippen LogP) is 2.50. The second kappa shape index (κ2) is 8.52. The van der Waals surface area contributed by atoms with E-state index in [-0.39, 0.29) is 5.60 Å². The molecule has 0 amide bonds. The quantitative estimate of drug-likeness (QED) is 0.550. The van der Waals surface area contributed by atoms with Crippen LogP contribution in [-0.2, 0) is 4.74 Å². The first-order valence-electron chi connectivity index (χ1n) is 8.12. The normalized spacial score (nSPS) is 22.9. The summed E-state index contributed by atoms with van der Waals surface area (Å²) in [6, 6.07) is 7.20. The van der Waals surface area contributed by atoms with E-state index in [1.165, 1.54) is 0 Å². The molecule has 0 saturated carbocycles. The van der Waals surface area contributed by atoms with Crippen molar-refractivity contribution in [2.75, 3.05) is 26.2 Å². The second-order valence-electron chi connectivity index (χ2n) is 6.05. The van der Waals surface area contributed by atoms with E-state index >= 15 is 0 Å². The molecular weight excluding hydrogens is 314 g/mol. The first-order chi connectivity index (χ1) is 11.0. The molecule has 2 unspecified atom stereocenters. The Morgan fingerprint density at radius 2 is 2.13 bits per heavy atom. The van der Waals surface area contributed by atoms with Gasteiger partial charge in [0.05, 0.1) is 18.2 Å². The molecule has 5 nitrogen and oxygen atoms in total. The average Bonchev–Trinajstić information content (AvgIpc) is 2.97. The molecule has 1 aliphatic heterocycles. The molecule has 2 rings (SSSR count). The van der Waals surface area contributed by atoms with Gasteiger partial charge in [0.1, 0.15) is 0 Å². The first-order valence-corrected chi connectivity index (χ1v) is 8.50. The fraction of sp³-hybridized carbons (Fsp3) is 0.588. The number of aliphatic imine (C=N–C) groups is 1. The molecule has 1 heterocycles. The molecule has 1 aliphatic rings. The number of guanidine groups is 1. The maximum atomic E-state index is 10.2.